The zero-order valence-corrected chi connectivity index (χ0v) is 18.8. The SMILES string of the molecule is CCC/C=C/CCCCCCCCCCC1NC=C[N+]1(CC)CCNC(C)=O. The molecule has 2 atom stereocenters. The topological polar surface area (TPSA) is 41.1 Å². The first-order chi connectivity index (χ1) is 13.6. The molecule has 4 heteroatoms. The molecular weight excluding hydrogens is 346 g/mol. The summed E-state index contributed by atoms with van der Waals surface area (Å²) in [6.07, 6.45) is 25.5. The molecule has 0 aromatic rings. The number of amides is 1. The Kier molecular flexibility index (Phi) is 13.8. The van der Waals surface area contributed by atoms with Crippen LogP contribution in [0.15, 0.2) is 24.6 Å². The molecule has 1 amide bonds. The van der Waals surface area contributed by atoms with Crippen molar-refractivity contribution in [3.05, 3.63) is 24.6 Å². The van der Waals surface area contributed by atoms with Crippen LogP contribution in [0, 0.1) is 0 Å². The lowest BCUT2D eigenvalue weighted by atomic mass is 10.0. The number of carbonyl (C=O) groups is 1. The summed E-state index contributed by atoms with van der Waals surface area (Å²) in [5.41, 5.74) is 0. The highest BCUT2D eigenvalue weighted by Crippen LogP contribution is 2.23. The van der Waals surface area contributed by atoms with E-state index in [1.54, 1.807) is 6.92 Å². The Morgan fingerprint density at radius 1 is 1.00 bits per heavy atom. The number of nitrogens with zero attached hydrogens (tertiary/aromatic N) is 1. The number of nitrogens with one attached hydrogen (secondary N) is 2. The summed E-state index contributed by atoms with van der Waals surface area (Å²) in [5, 5.41) is 6.50. The molecule has 2 N–H and O–H groups in total. The number of unbranched alkanes of at least 4 members (excludes halogenated alkanes) is 9. The molecule has 0 aromatic heterocycles. The molecule has 162 valence electrons. The number of quaternary nitrogens is 1. The predicted octanol–water partition coefficient (Wildman–Crippen LogP) is 5.62. The Bertz CT molecular complexity index is 461. The Balaban J connectivity index is 2.05. The molecule has 1 aliphatic rings. The molecule has 1 rings (SSSR count). The van der Waals surface area contributed by atoms with Gasteiger partial charge in [-0.25, -0.2) is 0 Å². The highest BCUT2D eigenvalue weighted by molar-refractivity contribution is 5.72. The van der Waals surface area contributed by atoms with Gasteiger partial charge in [-0.3, -0.25) is 9.28 Å². The van der Waals surface area contributed by atoms with Gasteiger partial charge in [-0.1, -0.05) is 64.0 Å². The van der Waals surface area contributed by atoms with E-state index in [0.29, 0.717) is 6.17 Å². The first-order valence-corrected chi connectivity index (χ1v) is 11.8. The largest absolute Gasteiger partial charge is 0.351 e. The van der Waals surface area contributed by atoms with E-state index in [1.807, 2.05) is 0 Å². The fourth-order valence-electron chi connectivity index (χ4n) is 4.11. The maximum atomic E-state index is 11.1. The van der Waals surface area contributed by atoms with E-state index in [2.05, 4.69) is 49.0 Å². The number of hydrogen-bond acceptors (Lipinski definition) is 2. The minimum Gasteiger partial charge on any atom is -0.351 e. The molecule has 28 heavy (non-hydrogen) atoms. The van der Waals surface area contributed by atoms with Crippen molar-refractivity contribution < 1.29 is 9.28 Å². The summed E-state index contributed by atoms with van der Waals surface area (Å²) in [7, 11) is 0. The van der Waals surface area contributed by atoms with Crippen LogP contribution in [0.25, 0.3) is 0 Å². The highest BCUT2D eigenvalue weighted by Gasteiger charge is 2.36. The molecule has 2 unspecified atom stereocenters. The Morgan fingerprint density at radius 3 is 2.29 bits per heavy atom. The van der Waals surface area contributed by atoms with Crippen molar-refractivity contribution in [1.82, 2.24) is 10.6 Å². The molecule has 0 saturated heterocycles. The number of carbonyl (C=O) groups excluding carboxylic acids is 1. The second kappa shape index (κ2) is 15.6. The van der Waals surface area contributed by atoms with Gasteiger partial charge < -0.3 is 10.6 Å². The molecule has 0 fully saturated rings. The Labute approximate surface area is 174 Å². The predicted molar refractivity (Wildman–Crippen MR) is 121 cm³/mol. The molecule has 4 nitrogen and oxygen atoms in total. The second-order valence-corrected chi connectivity index (χ2v) is 8.29. The molecule has 1 heterocycles. The lowest BCUT2D eigenvalue weighted by Gasteiger charge is -2.37. The molecule has 0 spiro atoms. The molecule has 0 radical (unpaired) electrons. The van der Waals surface area contributed by atoms with E-state index < -0.39 is 0 Å². The average Bonchev–Trinajstić information content (AvgIpc) is 3.08. The monoisotopic (exact) mass is 392 g/mol. The summed E-state index contributed by atoms with van der Waals surface area (Å²) >= 11 is 0. The van der Waals surface area contributed by atoms with Crippen molar-refractivity contribution in [3.8, 4) is 0 Å². The quantitative estimate of drug-likeness (QED) is 0.192. The third-order valence-corrected chi connectivity index (χ3v) is 5.99. The zero-order valence-electron chi connectivity index (χ0n) is 18.8. The minimum absolute atomic E-state index is 0.0647. The van der Waals surface area contributed by atoms with Gasteiger partial charge in [0.05, 0.1) is 19.3 Å². The first kappa shape index (κ1) is 24.7. The standard InChI is InChI=1S/C24H45N3O/c1-4-6-7-8-9-10-11-12-13-14-15-16-17-18-24-26-20-22-27(24,5-2)21-19-25-23(3)28/h7-8,20,22,24,26H,4-6,9-19,21H2,1-3H3/p+1/b8-7+. The van der Waals surface area contributed by atoms with Crippen LogP contribution in [0.5, 0.6) is 0 Å². The maximum absolute atomic E-state index is 11.1. The van der Waals surface area contributed by atoms with Gasteiger partial charge in [-0.2, -0.15) is 0 Å². The summed E-state index contributed by atoms with van der Waals surface area (Å²) in [6.45, 7) is 8.87. The smallest absolute Gasteiger partial charge is 0.217 e. The van der Waals surface area contributed by atoms with Gasteiger partial charge in [0.1, 0.15) is 12.7 Å². The lowest BCUT2D eigenvalue weighted by molar-refractivity contribution is -0.898. The number of rotatable bonds is 17. The number of allylic oxidation sites excluding steroid dienone is 2. The van der Waals surface area contributed by atoms with Gasteiger partial charge in [0.25, 0.3) is 0 Å². The average molecular weight is 393 g/mol. The zero-order chi connectivity index (χ0) is 20.5. The summed E-state index contributed by atoms with van der Waals surface area (Å²) in [4.78, 5) is 11.1. The van der Waals surface area contributed by atoms with Crippen LogP contribution in [-0.2, 0) is 4.79 Å². The third kappa shape index (κ3) is 10.3. The Morgan fingerprint density at radius 2 is 1.64 bits per heavy atom. The summed E-state index contributed by atoms with van der Waals surface area (Å²) < 4.78 is 0.951. The van der Waals surface area contributed by atoms with Crippen molar-refractivity contribution in [2.45, 2.75) is 104 Å². The maximum Gasteiger partial charge on any atom is 0.217 e. The highest BCUT2D eigenvalue weighted by atomic mass is 16.1. The van der Waals surface area contributed by atoms with Crippen LogP contribution in [-0.4, -0.2) is 36.2 Å². The van der Waals surface area contributed by atoms with E-state index in [0.717, 1.165) is 24.1 Å². The van der Waals surface area contributed by atoms with Gasteiger partial charge in [0.2, 0.25) is 5.91 Å². The molecule has 1 aliphatic heterocycles. The van der Waals surface area contributed by atoms with Gasteiger partial charge >= 0.3 is 0 Å². The first-order valence-electron chi connectivity index (χ1n) is 11.8. The van der Waals surface area contributed by atoms with E-state index in [4.69, 9.17) is 0 Å². The van der Waals surface area contributed by atoms with Crippen LogP contribution < -0.4 is 10.6 Å². The van der Waals surface area contributed by atoms with Gasteiger partial charge in [-0.05, 0) is 32.6 Å². The van der Waals surface area contributed by atoms with Crippen molar-refractivity contribution in [3.63, 3.8) is 0 Å². The third-order valence-electron chi connectivity index (χ3n) is 5.99. The van der Waals surface area contributed by atoms with Gasteiger partial charge in [0, 0.05) is 13.3 Å². The molecule has 0 saturated carbocycles. The molecule has 0 bridgehead atoms. The van der Waals surface area contributed by atoms with Gasteiger partial charge in [-0.15, -0.1) is 0 Å². The molecular formula is C24H46N3O+. The van der Waals surface area contributed by atoms with Gasteiger partial charge in [0.15, 0.2) is 6.17 Å². The van der Waals surface area contributed by atoms with E-state index in [-0.39, 0.29) is 5.91 Å². The van der Waals surface area contributed by atoms with Crippen molar-refractivity contribution in [2.75, 3.05) is 19.6 Å². The van der Waals surface area contributed by atoms with E-state index in [9.17, 15) is 4.79 Å². The number of likely N-dealkylation sites (N-methyl/N-ethyl adjacent to an activating group) is 1. The van der Waals surface area contributed by atoms with E-state index in [1.165, 1.54) is 77.0 Å². The van der Waals surface area contributed by atoms with Crippen molar-refractivity contribution in [2.24, 2.45) is 0 Å². The Hall–Kier alpha value is -1.29. The second-order valence-electron chi connectivity index (χ2n) is 8.29. The van der Waals surface area contributed by atoms with Crippen LogP contribution in [0.4, 0.5) is 0 Å². The molecule has 0 aliphatic carbocycles. The number of hydrogen-bond donors (Lipinski definition) is 2. The van der Waals surface area contributed by atoms with Crippen molar-refractivity contribution >= 4 is 5.91 Å². The summed E-state index contributed by atoms with van der Waals surface area (Å²) in [6, 6.07) is 0. The van der Waals surface area contributed by atoms with E-state index >= 15 is 0 Å². The fourth-order valence-corrected chi connectivity index (χ4v) is 4.11. The van der Waals surface area contributed by atoms with Crippen LogP contribution in [0.3, 0.4) is 0 Å². The van der Waals surface area contributed by atoms with Crippen LogP contribution in [0.1, 0.15) is 97.8 Å². The molecule has 0 aromatic carbocycles. The van der Waals surface area contributed by atoms with Crippen LogP contribution in [0.2, 0.25) is 0 Å². The summed E-state index contributed by atoms with van der Waals surface area (Å²) in [5.74, 6) is 0.0647. The van der Waals surface area contributed by atoms with Crippen molar-refractivity contribution in [1.29, 1.82) is 0 Å². The van der Waals surface area contributed by atoms with Crippen LogP contribution >= 0.6 is 0 Å². The normalized spacial score (nSPS) is 21.3. The lowest BCUT2D eigenvalue weighted by Crippen LogP contribution is -2.55. The fraction of sp³-hybridized carbons (Fsp3) is 0.792. The minimum atomic E-state index is 0.0647.